The SMILES string of the molecule is Cc1ccc(OCCCC(=O)Nc2ccc(CNC(=O)[C@H](C)N)cc2)cc1.Cl. The van der Waals surface area contributed by atoms with E-state index in [1.54, 1.807) is 6.92 Å². The van der Waals surface area contributed by atoms with Crippen LogP contribution < -0.4 is 21.1 Å². The molecule has 0 radical (unpaired) electrons. The Balaban J connectivity index is 0.00000392. The second-order valence-electron chi connectivity index (χ2n) is 6.52. The van der Waals surface area contributed by atoms with Gasteiger partial charge in [-0.15, -0.1) is 12.4 Å². The standard InChI is InChI=1S/C21H27N3O3.ClH/c1-15-5-11-19(12-6-15)27-13-3-4-20(25)24-18-9-7-17(8-10-18)14-23-21(26)16(2)22;/h5-12,16H,3-4,13-14,22H2,1-2H3,(H,23,26)(H,24,25);1H/t16-;/m0./s1. The summed E-state index contributed by atoms with van der Waals surface area (Å²) in [6.07, 6.45) is 1.03. The van der Waals surface area contributed by atoms with Crippen LogP contribution in [0.2, 0.25) is 0 Å². The lowest BCUT2D eigenvalue weighted by atomic mass is 10.2. The molecule has 0 heterocycles. The number of carbonyl (C=O) groups is 2. The van der Waals surface area contributed by atoms with Crippen molar-refractivity contribution in [3.8, 4) is 5.75 Å². The number of rotatable bonds is 9. The maximum atomic E-state index is 12.0. The molecule has 0 fully saturated rings. The molecular formula is C21H28ClN3O3. The van der Waals surface area contributed by atoms with Crippen LogP contribution >= 0.6 is 12.4 Å². The predicted octanol–water partition coefficient (Wildman–Crippen LogP) is 3.18. The fourth-order valence-corrected chi connectivity index (χ4v) is 2.34. The first-order valence-corrected chi connectivity index (χ1v) is 9.05. The van der Waals surface area contributed by atoms with Gasteiger partial charge in [-0.3, -0.25) is 9.59 Å². The summed E-state index contributed by atoms with van der Waals surface area (Å²) in [5.41, 5.74) is 8.35. The fraction of sp³-hybridized carbons (Fsp3) is 0.333. The van der Waals surface area contributed by atoms with Gasteiger partial charge in [0.1, 0.15) is 5.75 Å². The van der Waals surface area contributed by atoms with Crippen LogP contribution in [0.4, 0.5) is 5.69 Å². The molecule has 0 aliphatic carbocycles. The number of amides is 2. The number of aryl methyl sites for hydroxylation is 1. The molecule has 0 bridgehead atoms. The van der Waals surface area contributed by atoms with Gasteiger partial charge in [0.05, 0.1) is 12.6 Å². The zero-order valence-electron chi connectivity index (χ0n) is 16.2. The van der Waals surface area contributed by atoms with Crippen LogP contribution in [0.15, 0.2) is 48.5 Å². The average Bonchev–Trinajstić information content (AvgIpc) is 2.65. The number of nitrogens with one attached hydrogen (secondary N) is 2. The van der Waals surface area contributed by atoms with Crippen molar-refractivity contribution >= 4 is 29.9 Å². The summed E-state index contributed by atoms with van der Waals surface area (Å²) < 4.78 is 5.62. The molecule has 1 atom stereocenters. The van der Waals surface area contributed by atoms with Crippen molar-refractivity contribution in [2.24, 2.45) is 5.73 Å². The molecule has 6 nitrogen and oxygen atoms in total. The predicted molar refractivity (Wildman–Crippen MR) is 114 cm³/mol. The summed E-state index contributed by atoms with van der Waals surface area (Å²) in [7, 11) is 0. The van der Waals surface area contributed by atoms with Gasteiger partial charge in [0.2, 0.25) is 11.8 Å². The Morgan fingerprint density at radius 3 is 2.32 bits per heavy atom. The minimum atomic E-state index is -0.529. The molecule has 2 amide bonds. The van der Waals surface area contributed by atoms with E-state index < -0.39 is 6.04 Å². The van der Waals surface area contributed by atoms with E-state index in [1.165, 1.54) is 5.56 Å². The molecule has 7 heteroatoms. The molecule has 0 spiro atoms. The normalized spacial score (nSPS) is 11.1. The van der Waals surface area contributed by atoms with Crippen molar-refractivity contribution in [1.82, 2.24) is 5.32 Å². The molecule has 0 aliphatic heterocycles. The Kier molecular flexibility index (Phi) is 10.1. The summed E-state index contributed by atoms with van der Waals surface area (Å²) in [5.74, 6) is 0.563. The van der Waals surface area contributed by atoms with Crippen molar-refractivity contribution in [2.45, 2.75) is 39.3 Å². The van der Waals surface area contributed by atoms with Crippen LogP contribution in [0, 0.1) is 6.92 Å². The largest absolute Gasteiger partial charge is 0.494 e. The second-order valence-corrected chi connectivity index (χ2v) is 6.52. The Bertz CT molecular complexity index is 746. The van der Waals surface area contributed by atoms with Gasteiger partial charge in [-0.05, 0) is 50.1 Å². The molecule has 0 unspecified atom stereocenters. The highest BCUT2D eigenvalue weighted by atomic mass is 35.5. The number of hydrogen-bond donors (Lipinski definition) is 3. The first-order chi connectivity index (χ1) is 12.9. The Morgan fingerprint density at radius 2 is 1.71 bits per heavy atom. The van der Waals surface area contributed by atoms with E-state index in [-0.39, 0.29) is 24.2 Å². The van der Waals surface area contributed by atoms with Gasteiger partial charge < -0.3 is 21.1 Å². The van der Waals surface area contributed by atoms with Gasteiger partial charge in [-0.2, -0.15) is 0 Å². The van der Waals surface area contributed by atoms with Gasteiger partial charge in [0.25, 0.3) is 0 Å². The molecule has 2 aromatic rings. The maximum Gasteiger partial charge on any atom is 0.236 e. The highest BCUT2D eigenvalue weighted by Gasteiger charge is 2.07. The Hall–Kier alpha value is -2.57. The second kappa shape index (κ2) is 12.0. The first-order valence-electron chi connectivity index (χ1n) is 9.05. The zero-order valence-corrected chi connectivity index (χ0v) is 17.1. The Labute approximate surface area is 172 Å². The third-order valence-electron chi connectivity index (χ3n) is 3.96. The lowest BCUT2D eigenvalue weighted by Gasteiger charge is -2.09. The number of hydrogen-bond acceptors (Lipinski definition) is 4. The van der Waals surface area contributed by atoms with Crippen molar-refractivity contribution < 1.29 is 14.3 Å². The highest BCUT2D eigenvalue weighted by Crippen LogP contribution is 2.13. The monoisotopic (exact) mass is 405 g/mol. The van der Waals surface area contributed by atoms with E-state index in [9.17, 15) is 9.59 Å². The summed E-state index contributed by atoms with van der Waals surface area (Å²) in [5, 5.41) is 5.60. The number of anilines is 1. The first kappa shape index (κ1) is 23.5. The van der Waals surface area contributed by atoms with E-state index in [2.05, 4.69) is 10.6 Å². The summed E-state index contributed by atoms with van der Waals surface area (Å²) in [6.45, 7) is 4.57. The number of ether oxygens (including phenoxy) is 1. The van der Waals surface area contributed by atoms with E-state index >= 15 is 0 Å². The third kappa shape index (κ3) is 8.41. The van der Waals surface area contributed by atoms with E-state index in [0.29, 0.717) is 26.0 Å². The molecule has 0 aliphatic rings. The third-order valence-corrected chi connectivity index (χ3v) is 3.96. The molecule has 0 saturated carbocycles. The summed E-state index contributed by atoms with van der Waals surface area (Å²) in [6, 6.07) is 14.7. The van der Waals surface area contributed by atoms with Crippen molar-refractivity contribution in [3.05, 3.63) is 59.7 Å². The van der Waals surface area contributed by atoms with Crippen molar-refractivity contribution in [2.75, 3.05) is 11.9 Å². The lowest BCUT2D eigenvalue weighted by Crippen LogP contribution is -2.37. The molecule has 152 valence electrons. The summed E-state index contributed by atoms with van der Waals surface area (Å²) in [4.78, 5) is 23.5. The Morgan fingerprint density at radius 1 is 1.07 bits per heavy atom. The highest BCUT2D eigenvalue weighted by molar-refractivity contribution is 5.90. The number of carbonyl (C=O) groups excluding carboxylic acids is 2. The van der Waals surface area contributed by atoms with Crippen LogP contribution in [0.25, 0.3) is 0 Å². The molecular weight excluding hydrogens is 378 g/mol. The van der Waals surface area contributed by atoms with Crippen LogP contribution in [0.1, 0.15) is 30.9 Å². The van der Waals surface area contributed by atoms with Crippen LogP contribution in [-0.4, -0.2) is 24.5 Å². The molecule has 0 saturated heterocycles. The van der Waals surface area contributed by atoms with Gasteiger partial charge in [-0.1, -0.05) is 29.8 Å². The number of benzene rings is 2. The van der Waals surface area contributed by atoms with Crippen molar-refractivity contribution in [1.29, 1.82) is 0 Å². The van der Waals surface area contributed by atoms with Crippen molar-refractivity contribution in [3.63, 3.8) is 0 Å². The minimum Gasteiger partial charge on any atom is -0.494 e. The van der Waals surface area contributed by atoms with E-state index in [1.807, 2.05) is 55.5 Å². The lowest BCUT2D eigenvalue weighted by molar-refractivity contribution is -0.122. The number of halogens is 1. The topological polar surface area (TPSA) is 93.5 Å². The van der Waals surface area contributed by atoms with Gasteiger partial charge in [-0.25, -0.2) is 0 Å². The van der Waals surface area contributed by atoms with Gasteiger partial charge in [0.15, 0.2) is 0 Å². The molecule has 2 rings (SSSR count). The summed E-state index contributed by atoms with van der Waals surface area (Å²) >= 11 is 0. The van der Waals surface area contributed by atoms with Gasteiger partial charge in [0, 0.05) is 18.7 Å². The quantitative estimate of drug-likeness (QED) is 0.558. The van der Waals surface area contributed by atoms with Crippen LogP contribution in [-0.2, 0) is 16.1 Å². The van der Waals surface area contributed by atoms with Crippen LogP contribution in [0.3, 0.4) is 0 Å². The molecule has 28 heavy (non-hydrogen) atoms. The number of nitrogens with two attached hydrogens (primary N) is 1. The zero-order chi connectivity index (χ0) is 19.6. The van der Waals surface area contributed by atoms with Crippen LogP contribution in [0.5, 0.6) is 5.75 Å². The average molecular weight is 406 g/mol. The molecule has 4 N–H and O–H groups in total. The fourth-order valence-electron chi connectivity index (χ4n) is 2.34. The molecule has 0 aromatic heterocycles. The van der Waals surface area contributed by atoms with E-state index in [0.717, 1.165) is 17.0 Å². The minimum absolute atomic E-state index is 0. The maximum absolute atomic E-state index is 12.0. The molecule has 2 aromatic carbocycles. The van der Waals surface area contributed by atoms with E-state index in [4.69, 9.17) is 10.5 Å². The van der Waals surface area contributed by atoms with Gasteiger partial charge >= 0.3 is 0 Å². The smallest absolute Gasteiger partial charge is 0.236 e.